The molecule has 0 radical (unpaired) electrons. The molecule has 0 aliphatic heterocycles. The molecule has 0 unspecified atom stereocenters. The minimum Gasteiger partial charge on any atom is -0.475 e. The second-order valence-corrected chi connectivity index (χ2v) is 4.00. The molecule has 0 saturated heterocycles. The number of carbonyl (C=O) groups is 2. The molecule has 1 aromatic heterocycles. The van der Waals surface area contributed by atoms with Gasteiger partial charge < -0.3 is 14.8 Å². The molecule has 2 rings (SSSR count). The first-order valence-electron chi connectivity index (χ1n) is 5.63. The number of carboxylic acid groups (broad SMARTS) is 1. The molecule has 0 spiro atoms. The van der Waals surface area contributed by atoms with Gasteiger partial charge in [-0.3, -0.25) is 4.79 Å². The van der Waals surface area contributed by atoms with Gasteiger partial charge in [0.1, 0.15) is 28.8 Å². The average molecular weight is 299 g/mol. The molecule has 0 fully saturated rings. The van der Waals surface area contributed by atoms with Crippen molar-refractivity contribution in [1.82, 2.24) is 5.32 Å². The zero-order valence-corrected chi connectivity index (χ0v) is 10.3. The Kier molecular flexibility index (Phi) is 3.97. The molecule has 0 atom stereocenters. The number of benzene rings is 1. The minimum atomic E-state index is -1.34. The Bertz CT molecular complexity index is 688. The molecule has 0 aliphatic rings. The summed E-state index contributed by atoms with van der Waals surface area (Å²) >= 11 is 0. The van der Waals surface area contributed by atoms with Gasteiger partial charge in [0.2, 0.25) is 5.76 Å². The van der Waals surface area contributed by atoms with E-state index in [1.165, 1.54) is 12.1 Å². The molecule has 2 aromatic rings. The Hall–Kier alpha value is -2.77. The normalized spacial score (nSPS) is 10.4. The van der Waals surface area contributed by atoms with Crippen LogP contribution >= 0.6 is 0 Å². The van der Waals surface area contributed by atoms with Gasteiger partial charge in [-0.05, 0) is 12.1 Å². The van der Waals surface area contributed by atoms with Gasteiger partial charge in [0.05, 0.1) is 6.54 Å². The Morgan fingerprint density at radius 3 is 2.29 bits per heavy atom. The highest BCUT2D eigenvalue weighted by Gasteiger charge is 2.19. The van der Waals surface area contributed by atoms with E-state index in [1.54, 1.807) is 0 Å². The van der Waals surface area contributed by atoms with Gasteiger partial charge in [-0.15, -0.1) is 0 Å². The zero-order valence-electron chi connectivity index (χ0n) is 10.3. The summed E-state index contributed by atoms with van der Waals surface area (Å²) in [5, 5.41) is 10.8. The Morgan fingerprint density at radius 2 is 1.76 bits per heavy atom. The van der Waals surface area contributed by atoms with Crippen molar-refractivity contribution in [2.75, 3.05) is 0 Å². The van der Waals surface area contributed by atoms with Crippen molar-refractivity contribution in [3.05, 3.63) is 58.8 Å². The molecule has 1 aromatic carbocycles. The van der Waals surface area contributed by atoms with Gasteiger partial charge in [-0.1, -0.05) is 0 Å². The van der Waals surface area contributed by atoms with E-state index in [9.17, 15) is 22.8 Å². The predicted molar refractivity (Wildman–Crippen MR) is 63.2 cm³/mol. The van der Waals surface area contributed by atoms with Crippen molar-refractivity contribution < 1.29 is 32.3 Å². The SMILES string of the molecule is O=C(O)c1ccc(CNC(=O)c2c(F)cc(F)cc2F)o1. The van der Waals surface area contributed by atoms with Crippen LogP contribution in [0.1, 0.15) is 26.7 Å². The summed E-state index contributed by atoms with van der Waals surface area (Å²) in [5.41, 5.74) is -0.929. The standard InChI is InChI=1S/C13H8F3NO4/c14-6-3-8(15)11(9(16)4-6)12(18)17-5-7-1-2-10(21-7)13(19)20/h1-4H,5H2,(H,17,18)(H,19,20). The molecule has 0 aliphatic carbocycles. The quantitative estimate of drug-likeness (QED) is 0.908. The molecule has 1 heterocycles. The first-order valence-corrected chi connectivity index (χ1v) is 5.63. The maximum Gasteiger partial charge on any atom is 0.371 e. The molecular formula is C13H8F3NO4. The summed E-state index contributed by atoms with van der Waals surface area (Å²) in [6.07, 6.45) is 0. The lowest BCUT2D eigenvalue weighted by Crippen LogP contribution is -2.25. The third kappa shape index (κ3) is 3.22. The summed E-state index contributed by atoms with van der Waals surface area (Å²) in [5.74, 6) is -6.46. The summed E-state index contributed by atoms with van der Waals surface area (Å²) < 4.78 is 44.3. The minimum absolute atomic E-state index is 0.0867. The van der Waals surface area contributed by atoms with Crippen molar-refractivity contribution in [3.63, 3.8) is 0 Å². The van der Waals surface area contributed by atoms with Crippen LogP contribution in [0.15, 0.2) is 28.7 Å². The summed E-state index contributed by atoms with van der Waals surface area (Å²) in [6, 6.07) is 3.23. The monoisotopic (exact) mass is 299 g/mol. The molecule has 2 N–H and O–H groups in total. The van der Waals surface area contributed by atoms with Gasteiger partial charge in [-0.25, -0.2) is 18.0 Å². The summed E-state index contributed by atoms with van der Waals surface area (Å²) in [4.78, 5) is 22.2. The van der Waals surface area contributed by atoms with Gasteiger partial charge >= 0.3 is 5.97 Å². The highest BCUT2D eigenvalue weighted by molar-refractivity contribution is 5.94. The molecule has 1 amide bonds. The Balaban J connectivity index is 2.10. The van der Waals surface area contributed by atoms with E-state index in [-0.39, 0.29) is 18.1 Å². The van der Waals surface area contributed by atoms with Crippen LogP contribution in [0, 0.1) is 17.5 Å². The number of carbonyl (C=O) groups excluding carboxylic acids is 1. The van der Waals surface area contributed by atoms with Crippen molar-refractivity contribution in [3.8, 4) is 0 Å². The Labute approximate surface area is 116 Å². The fraction of sp³-hybridized carbons (Fsp3) is 0.0769. The fourth-order valence-corrected chi connectivity index (χ4v) is 1.60. The predicted octanol–water partition coefficient (Wildman–Crippen LogP) is 2.33. The third-order valence-electron chi connectivity index (χ3n) is 2.53. The highest BCUT2D eigenvalue weighted by atomic mass is 19.1. The van der Waals surface area contributed by atoms with E-state index in [2.05, 4.69) is 5.32 Å². The second-order valence-electron chi connectivity index (χ2n) is 4.00. The number of aromatic carboxylic acids is 1. The maximum absolute atomic E-state index is 13.4. The van der Waals surface area contributed by atoms with Crippen LogP contribution < -0.4 is 5.32 Å². The second kappa shape index (κ2) is 5.70. The Morgan fingerprint density at radius 1 is 1.14 bits per heavy atom. The van der Waals surface area contributed by atoms with Crippen LogP contribution in [0.5, 0.6) is 0 Å². The van der Waals surface area contributed by atoms with Crippen LogP contribution in [0.4, 0.5) is 13.2 Å². The molecule has 0 saturated carbocycles. The van der Waals surface area contributed by atoms with Crippen LogP contribution in [0.25, 0.3) is 0 Å². The number of furan rings is 1. The smallest absolute Gasteiger partial charge is 0.371 e. The maximum atomic E-state index is 13.4. The van der Waals surface area contributed by atoms with E-state index < -0.39 is 34.9 Å². The zero-order chi connectivity index (χ0) is 15.6. The lowest BCUT2D eigenvalue weighted by atomic mass is 10.1. The summed E-state index contributed by atoms with van der Waals surface area (Å²) in [7, 11) is 0. The lowest BCUT2D eigenvalue weighted by Gasteiger charge is -2.06. The molecular weight excluding hydrogens is 291 g/mol. The molecule has 5 nitrogen and oxygen atoms in total. The van der Waals surface area contributed by atoms with Gasteiger partial charge in [-0.2, -0.15) is 0 Å². The number of halogens is 3. The van der Waals surface area contributed by atoms with E-state index in [0.29, 0.717) is 12.1 Å². The lowest BCUT2D eigenvalue weighted by molar-refractivity contribution is 0.0660. The van der Waals surface area contributed by atoms with Crippen molar-refractivity contribution >= 4 is 11.9 Å². The molecule has 0 bridgehead atoms. The van der Waals surface area contributed by atoms with Crippen LogP contribution in [0.2, 0.25) is 0 Å². The number of nitrogens with one attached hydrogen (secondary N) is 1. The largest absolute Gasteiger partial charge is 0.475 e. The topological polar surface area (TPSA) is 79.5 Å². The van der Waals surface area contributed by atoms with Crippen LogP contribution in [0.3, 0.4) is 0 Å². The molecule has 8 heteroatoms. The van der Waals surface area contributed by atoms with Crippen molar-refractivity contribution in [2.45, 2.75) is 6.54 Å². The van der Waals surface area contributed by atoms with Gasteiger partial charge in [0.15, 0.2) is 0 Å². The first-order chi connectivity index (χ1) is 9.88. The van der Waals surface area contributed by atoms with Crippen molar-refractivity contribution in [1.29, 1.82) is 0 Å². The average Bonchev–Trinajstić information content (AvgIpc) is 2.84. The van der Waals surface area contributed by atoms with E-state index >= 15 is 0 Å². The van der Waals surface area contributed by atoms with E-state index in [4.69, 9.17) is 9.52 Å². The van der Waals surface area contributed by atoms with E-state index in [1.807, 2.05) is 0 Å². The van der Waals surface area contributed by atoms with E-state index in [0.717, 1.165) is 0 Å². The number of hydrogen-bond acceptors (Lipinski definition) is 3. The third-order valence-corrected chi connectivity index (χ3v) is 2.53. The van der Waals surface area contributed by atoms with Gasteiger partial charge in [0.25, 0.3) is 5.91 Å². The van der Waals surface area contributed by atoms with Crippen LogP contribution in [-0.2, 0) is 6.54 Å². The fourth-order valence-electron chi connectivity index (χ4n) is 1.60. The molecule has 110 valence electrons. The highest BCUT2D eigenvalue weighted by Crippen LogP contribution is 2.15. The first kappa shape index (κ1) is 14.6. The number of rotatable bonds is 4. The molecule has 21 heavy (non-hydrogen) atoms. The number of hydrogen-bond donors (Lipinski definition) is 2. The number of amides is 1. The van der Waals surface area contributed by atoms with Crippen molar-refractivity contribution in [2.24, 2.45) is 0 Å². The number of carboxylic acids is 1. The van der Waals surface area contributed by atoms with Crippen LogP contribution in [-0.4, -0.2) is 17.0 Å². The summed E-state index contributed by atoms with van der Waals surface area (Å²) in [6.45, 7) is -0.275. The van der Waals surface area contributed by atoms with Gasteiger partial charge in [0, 0.05) is 12.1 Å².